The number of nitrogens with one attached hydrogen (secondary N) is 1. The summed E-state index contributed by atoms with van der Waals surface area (Å²) < 4.78 is 5.98. The molecule has 5 fully saturated rings. The van der Waals surface area contributed by atoms with Crippen molar-refractivity contribution in [1.29, 1.82) is 0 Å². The van der Waals surface area contributed by atoms with Crippen LogP contribution >= 0.6 is 0 Å². The quantitative estimate of drug-likeness (QED) is 0.642. The number of hydrogen-bond acceptors (Lipinski definition) is 4. The fourth-order valence-electron chi connectivity index (χ4n) is 9.27. The normalized spacial score (nSPS) is 47.2. The Bertz CT molecular complexity index is 773. The predicted octanol–water partition coefficient (Wildman–Crippen LogP) is 4.35. The minimum atomic E-state index is -0.410. The molecule has 0 bridgehead atoms. The minimum absolute atomic E-state index is 0.0177. The van der Waals surface area contributed by atoms with Crippen molar-refractivity contribution in [3.05, 3.63) is 0 Å². The van der Waals surface area contributed by atoms with Gasteiger partial charge in [0.2, 0.25) is 5.91 Å². The highest BCUT2D eigenvalue weighted by Crippen LogP contribution is 2.67. The molecular formula is C27H44N2O4. The van der Waals surface area contributed by atoms with Crippen LogP contribution in [0.25, 0.3) is 0 Å². The second kappa shape index (κ2) is 8.73. The molecule has 4 aliphatic carbocycles. The van der Waals surface area contributed by atoms with Gasteiger partial charge in [0.25, 0.3) is 0 Å². The molecule has 0 aromatic heterocycles. The summed E-state index contributed by atoms with van der Waals surface area (Å²) >= 11 is 0. The number of fused-ring (bicyclic) bond motifs is 5. The van der Waals surface area contributed by atoms with Gasteiger partial charge in [-0.15, -0.1) is 0 Å². The van der Waals surface area contributed by atoms with E-state index in [9.17, 15) is 14.7 Å². The Balaban J connectivity index is 1.24. The van der Waals surface area contributed by atoms with Crippen molar-refractivity contribution in [3.63, 3.8) is 0 Å². The third-order valence-corrected chi connectivity index (χ3v) is 11.1. The maximum absolute atomic E-state index is 12.7. The molecule has 1 saturated heterocycles. The smallest absolute Gasteiger partial charge is 0.410 e. The summed E-state index contributed by atoms with van der Waals surface area (Å²) in [6, 6.07) is 0. The molecule has 33 heavy (non-hydrogen) atoms. The molecule has 0 aromatic carbocycles. The van der Waals surface area contributed by atoms with E-state index < -0.39 is 6.10 Å². The van der Waals surface area contributed by atoms with Crippen LogP contribution in [-0.2, 0) is 9.53 Å². The lowest BCUT2D eigenvalue weighted by Gasteiger charge is -2.61. The molecule has 2 amide bonds. The van der Waals surface area contributed by atoms with Gasteiger partial charge in [-0.25, -0.2) is 4.79 Å². The second-order valence-electron chi connectivity index (χ2n) is 12.5. The number of ether oxygens (including phenoxy) is 1. The lowest BCUT2D eigenvalue weighted by molar-refractivity contribution is -0.141. The maximum atomic E-state index is 12.7. The standard InChI is InChI=1S/C27H44N2O4/c1-26-12-10-19(33-25(32)29-14-4-5-18(30)16-29)15-17(26)6-7-20-21-8-9-23(24(31)28-3)27(21,2)13-11-22(20)26/h17-23,30H,4-16H2,1-3H3,(H,28,31)/t17?,18?,19?,20-,21-,22+,23?,26-,27-/m0/s1. The van der Waals surface area contributed by atoms with Gasteiger partial charge < -0.3 is 20.1 Å². The van der Waals surface area contributed by atoms with E-state index in [1.54, 1.807) is 11.9 Å². The van der Waals surface area contributed by atoms with Gasteiger partial charge in [-0.1, -0.05) is 13.8 Å². The summed E-state index contributed by atoms with van der Waals surface area (Å²) in [6.45, 7) is 6.04. The van der Waals surface area contributed by atoms with Crippen molar-refractivity contribution in [3.8, 4) is 0 Å². The SMILES string of the molecule is CNC(=O)C1CC[C@H]2[C@@H]3CCC4CC(OC(=O)N5CCCC(O)C5)CC[C@]4(C)[C@@H]3CC[C@]12C. The molecule has 6 heteroatoms. The van der Waals surface area contributed by atoms with Crippen molar-refractivity contribution in [2.75, 3.05) is 20.1 Å². The van der Waals surface area contributed by atoms with Gasteiger partial charge in [0.05, 0.1) is 6.10 Å². The minimum Gasteiger partial charge on any atom is -0.446 e. The average Bonchev–Trinajstić information content (AvgIpc) is 3.16. The van der Waals surface area contributed by atoms with Crippen molar-refractivity contribution in [2.24, 2.45) is 40.4 Å². The molecule has 2 N–H and O–H groups in total. The highest BCUT2D eigenvalue weighted by molar-refractivity contribution is 5.79. The first-order chi connectivity index (χ1) is 15.8. The summed E-state index contributed by atoms with van der Waals surface area (Å²) in [6.07, 6.45) is 11.3. The van der Waals surface area contributed by atoms with Crippen molar-refractivity contribution in [1.82, 2.24) is 10.2 Å². The number of rotatable bonds is 2. The number of amides is 2. The maximum Gasteiger partial charge on any atom is 0.410 e. The summed E-state index contributed by atoms with van der Waals surface area (Å²) in [5.41, 5.74) is 0.496. The molecule has 4 saturated carbocycles. The zero-order valence-corrected chi connectivity index (χ0v) is 20.9. The van der Waals surface area contributed by atoms with E-state index in [1.165, 1.54) is 32.1 Å². The molecule has 0 aromatic rings. The van der Waals surface area contributed by atoms with Gasteiger partial charge in [0.1, 0.15) is 6.10 Å². The lowest BCUT2D eigenvalue weighted by Crippen LogP contribution is -2.55. The second-order valence-corrected chi connectivity index (χ2v) is 12.5. The van der Waals surface area contributed by atoms with Crippen LogP contribution in [0.1, 0.15) is 84.5 Å². The zero-order chi connectivity index (χ0) is 23.4. The molecule has 5 aliphatic rings. The van der Waals surface area contributed by atoms with E-state index in [2.05, 4.69) is 19.2 Å². The number of hydrogen-bond donors (Lipinski definition) is 2. The summed E-state index contributed by atoms with van der Waals surface area (Å²) in [5.74, 6) is 3.22. The van der Waals surface area contributed by atoms with E-state index in [4.69, 9.17) is 4.74 Å². The average molecular weight is 461 g/mol. The van der Waals surface area contributed by atoms with Gasteiger partial charge in [0.15, 0.2) is 0 Å². The molecule has 4 unspecified atom stereocenters. The van der Waals surface area contributed by atoms with Gasteiger partial charge in [-0.2, -0.15) is 0 Å². The third-order valence-electron chi connectivity index (χ3n) is 11.1. The number of carbonyl (C=O) groups is 2. The fraction of sp³-hybridized carbons (Fsp3) is 0.926. The Morgan fingerprint density at radius 2 is 1.73 bits per heavy atom. The molecule has 0 radical (unpaired) electrons. The number of carbonyl (C=O) groups excluding carboxylic acids is 2. The summed E-state index contributed by atoms with van der Waals surface area (Å²) in [7, 11) is 1.79. The van der Waals surface area contributed by atoms with Crippen LogP contribution in [0.3, 0.4) is 0 Å². The third kappa shape index (κ3) is 3.88. The van der Waals surface area contributed by atoms with E-state index in [-0.39, 0.29) is 29.4 Å². The van der Waals surface area contributed by atoms with Crippen LogP contribution in [0.4, 0.5) is 4.79 Å². The van der Waals surface area contributed by atoms with E-state index in [1.807, 2.05) is 0 Å². The highest BCUT2D eigenvalue weighted by atomic mass is 16.6. The molecule has 5 rings (SSSR count). The summed E-state index contributed by atoms with van der Waals surface area (Å²) in [5, 5.41) is 12.8. The van der Waals surface area contributed by atoms with Crippen LogP contribution < -0.4 is 5.32 Å². The predicted molar refractivity (Wildman–Crippen MR) is 126 cm³/mol. The number of nitrogens with zero attached hydrogens (tertiary/aromatic N) is 1. The molecular weight excluding hydrogens is 416 g/mol. The van der Waals surface area contributed by atoms with Gasteiger partial charge in [0, 0.05) is 26.1 Å². The van der Waals surface area contributed by atoms with Gasteiger partial charge >= 0.3 is 6.09 Å². The first-order valence-corrected chi connectivity index (χ1v) is 13.6. The van der Waals surface area contributed by atoms with Gasteiger partial charge in [-0.3, -0.25) is 4.79 Å². The first kappa shape index (κ1) is 23.4. The fourth-order valence-corrected chi connectivity index (χ4v) is 9.27. The molecule has 1 aliphatic heterocycles. The number of β-amino-alcohol motifs (C(OH)–C–C–N with tert-alkyl or cyclic N) is 1. The van der Waals surface area contributed by atoms with Crippen LogP contribution in [-0.4, -0.2) is 54.4 Å². The van der Waals surface area contributed by atoms with Gasteiger partial charge in [-0.05, 0) is 105 Å². The Morgan fingerprint density at radius 1 is 0.970 bits per heavy atom. The van der Waals surface area contributed by atoms with Crippen LogP contribution in [0, 0.1) is 40.4 Å². The monoisotopic (exact) mass is 460 g/mol. The number of likely N-dealkylation sites (tertiary alicyclic amines) is 1. The van der Waals surface area contributed by atoms with Crippen molar-refractivity contribution in [2.45, 2.75) is 96.7 Å². The van der Waals surface area contributed by atoms with Crippen LogP contribution in [0.5, 0.6) is 0 Å². The Kier molecular flexibility index (Phi) is 6.20. The molecule has 186 valence electrons. The Hall–Kier alpha value is -1.30. The molecule has 6 nitrogen and oxygen atoms in total. The number of aliphatic hydroxyl groups excluding tert-OH is 1. The first-order valence-electron chi connectivity index (χ1n) is 13.6. The van der Waals surface area contributed by atoms with Crippen LogP contribution in [0.2, 0.25) is 0 Å². The van der Waals surface area contributed by atoms with Crippen LogP contribution in [0.15, 0.2) is 0 Å². The van der Waals surface area contributed by atoms with E-state index in [0.717, 1.165) is 50.4 Å². The largest absolute Gasteiger partial charge is 0.446 e. The molecule has 0 spiro atoms. The van der Waals surface area contributed by atoms with E-state index in [0.29, 0.717) is 30.3 Å². The lowest BCUT2D eigenvalue weighted by atomic mass is 9.44. The zero-order valence-electron chi connectivity index (χ0n) is 20.9. The summed E-state index contributed by atoms with van der Waals surface area (Å²) in [4.78, 5) is 27.0. The number of aliphatic hydroxyl groups is 1. The number of piperidine rings is 1. The highest BCUT2D eigenvalue weighted by Gasteiger charge is 2.61. The Labute approximate surface area is 199 Å². The molecule has 1 heterocycles. The van der Waals surface area contributed by atoms with Crippen molar-refractivity contribution >= 4 is 12.0 Å². The Morgan fingerprint density at radius 3 is 2.48 bits per heavy atom. The van der Waals surface area contributed by atoms with E-state index >= 15 is 0 Å². The molecule has 9 atom stereocenters. The topological polar surface area (TPSA) is 78.9 Å². The van der Waals surface area contributed by atoms with Crippen molar-refractivity contribution < 1.29 is 19.4 Å².